The van der Waals surface area contributed by atoms with Crippen molar-refractivity contribution in [1.29, 1.82) is 0 Å². The largest absolute Gasteiger partial charge is 0.383 e. The topological polar surface area (TPSA) is 59.3 Å². The van der Waals surface area contributed by atoms with Crippen molar-refractivity contribution < 1.29 is 4.74 Å². The van der Waals surface area contributed by atoms with Gasteiger partial charge in [-0.05, 0) is 35.7 Å². The second-order valence-corrected chi connectivity index (χ2v) is 6.77. The number of fused-ring (bicyclic) bond motifs is 1. The molecule has 0 aromatic carbocycles. The Hall–Kier alpha value is -1.05. The van der Waals surface area contributed by atoms with E-state index in [0.717, 1.165) is 25.0 Å². The lowest BCUT2D eigenvalue weighted by Gasteiger charge is -2.42. The third-order valence-electron chi connectivity index (χ3n) is 4.97. The van der Waals surface area contributed by atoms with Gasteiger partial charge >= 0.3 is 0 Å². The van der Waals surface area contributed by atoms with E-state index in [2.05, 4.69) is 39.2 Å². The SMILES string of the molecule is COCCn1nnnc1[C@@H](C(C)C)N1CCN2CCC[C@@H]2C1. The summed E-state index contributed by atoms with van der Waals surface area (Å²) >= 11 is 0. The molecule has 0 saturated carbocycles. The van der Waals surface area contributed by atoms with Gasteiger partial charge in [-0.3, -0.25) is 9.80 Å². The number of tetrazole rings is 1. The van der Waals surface area contributed by atoms with E-state index in [4.69, 9.17) is 4.74 Å². The first-order valence-corrected chi connectivity index (χ1v) is 8.43. The minimum absolute atomic E-state index is 0.287. The molecule has 0 unspecified atom stereocenters. The van der Waals surface area contributed by atoms with Crippen LogP contribution in [0.4, 0.5) is 0 Å². The Morgan fingerprint density at radius 2 is 2.14 bits per heavy atom. The van der Waals surface area contributed by atoms with Crippen LogP contribution in [-0.4, -0.2) is 75.9 Å². The molecule has 0 bridgehead atoms. The molecule has 0 amide bonds. The molecule has 2 saturated heterocycles. The summed E-state index contributed by atoms with van der Waals surface area (Å²) in [6.45, 7) is 10.6. The standard InChI is InChI=1S/C15H28N6O/c1-12(2)14(15-16-17-18-21(15)9-10-22-3)20-8-7-19-6-4-5-13(19)11-20/h12-14H,4-11H2,1-3H3/t13-,14-/m1/s1. The van der Waals surface area contributed by atoms with Crippen LogP contribution in [0.15, 0.2) is 0 Å². The van der Waals surface area contributed by atoms with E-state index in [0.29, 0.717) is 19.1 Å². The van der Waals surface area contributed by atoms with Crippen molar-refractivity contribution in [1.82, 2.24) is 30.0 Å². The van der Waals surface area contributed by atoms with Gasteiger partial charge in [-0.15, -0.1) is 5.10 Å². The Morgan fingerprint density at radius 3 is 2.91 bits per heavy atom. The van der Waals surface area contributed by atoms with Gasteiger partial charge in [0.15, 0.2) is 5.82 Å². The molecule has 3 rings (SSSR count). The number of piperazine rings is 1. The number of hydrogen-bond acceptors (Lipinski definition) is 6. The number of ether oxygens (including phenoxy) is 1. The molecule has 2 atom stereocenters. The first-order valence-electron chi connectivity index (χ1n) is 8.43. The fraction of sp³-hybridized carbons (Fsp3) is 0.933. The molecule has 3 heterocycles. The van der Waals surface area contributed by atoms with Crippen molar-refractivity contribution in [2.24, 2.45) is 5.92 Å². The summed E-state index contributed by atoms with van der Waals surface area (Å²) in [5, 5.41) is 12.4. The van der Waals surface area contributed by atoms with E-state index in [-0.39, 0.29) is 6.04 Å². The number of nitrogens with zero attached hydrogens (tertiary/aromatic N) is 6. The maximum Gasteiger partial charge on any atom is 0.168 e. The average molecular weight is 308 g/mol. The van der Waals surface area contributed by atoms with Gasteiger partial charge < -0.3 is 4.74 Å². The van der Waals surface area contributed by atoms with Gasteiger partial charge in [0.05, 0.1) is 19.2 Å². The molecule has 2 aliphatic heterocycles. The van der Waals surface area contributed by atoms with Crippen LogP contribution >= 0.6 is 0 Å². The van der Waals surface area contributed by atoms with Crippen molar-refractivity contribution in [3.63, 3.8) is 0 Å². The molecule has 124 valence electrons. The maximum atomic E-state index is 5.18. The summed E-state index contributed by atoms with van der Waals surface area (Å²) in [4.78, 5) is 5.23. The zero-order valence-electron chi connectivity index (χ0n) is 14.0. The Morgan fingerprint density at radius 1 is 1.27 bits per heavy atom. The molecule has 2 fully saturated rings. The van der Waals surface area contributed by atoms with Crippen LogP contribution in [0.5, 0.6) is 0 Å². The third kappa shape index (κ3) is 3.16. The Balaban J connectivity index is 1.76. The highest BCUT2D eigenvalue weighted by molar-refractivity contribution is 4.99. The van der Waals surface area contributed by atoms with Crippen molar-refractivity contribution in [2.75, 3.05) is 39.9 Å². The lowest BCUT2D eigenvalue weighted by Crippen LogP contribution is -2.52. The summed E-state index contributed by atoms with van der Waals surface area (Å²) in [5.74, 6) is 1.47. The molecule has 0 radical (unpaired) electrons. The van der Waals surface area contributed by atoms with Gasteiger partial charge in [0.25, 0.3) is 0 Å². The van der Waals surface area contributed by atoms with Gasteiger partial charge in [0.2, 0.25) is 0 Å². The molecule has 0 N–H and O–H groups in total. The molecule has 0 aliphatic carbocycles. The lowest BCUT2D eigenvalue weighted by molar-refractivity contribution is 0.0478. The molecule has 1 aromatic heterocycles. The van der Waals surface area contributed by atoms with Crippen molar-refractivity contribution in [3.05, 3.63) is 5.82 Å². The quantitative estimate of drug-likeness (QED) is 0.775. The first kappa shape index (κ1) is 15.8. The highest BCUT2D eigenvalue weighted by atomic mass is 16.5. The van der Waals surface area contributed by atoms with E-state index in [9.17, 15) is 0 Å². The van der Waals surface area contributed by atoms with Gasteiger partial charge in [0, 0.05) is 32.8 Å². The normalized spacial score (nSPS) is 24.8. The number of methoxy groups -OCH3 is 1. The van der Waals surface area contributed by atoms with E-state index >= 15 is 0 Å². The maximum absolute atomic E-state index is 5.18. The molecule has 7 heteroatoms. The second-order valence-electron chi connectivity index (χ2n) is 6.77. The molecule has 22 heavy (non-hydrogen) atoms. The summed E-state index contributed by atoms with van der Waals surface area (Å²) in [5.41, 5.74) is 0. The fourth-order valence-electron chi connectivity index (χ4n) is 3.91. The summed E-state index contributed by atoms with van der Waals surface area (Å²) < 4.78 is 7.09. The van der Waals surface area contributed by atoms with E-state index in [1.165, 1.54) is 25.9 Å². The minimum Gasteiger partial charge on any atom is -0.383 e. The lowest BCUT2D eigenvalue weighted by atomic mass is 9.99. The van der Waals surface area contributed by atoms with Crippen LogP contribution in [0.25, 0.3) is 0 Å². The van der Waals surface area contributed by atoms with Crippen LogP contribution in [0.3, 0.4) is 0 Å². The molecule has 1 aromatic rings. The number of hydrogen-bond donors (Lipinski definition) is 0. The highest BCUT2D eigenvalue weighted by Crippen LogP contribution is 2.31. The second kappa shape index (κ2) is 7.02. The van der Waals surface area contributed by atoms with Crippen molar-refractivity contribution >= 4 is 0 Å². The molecular formula is C15H28N6O. The molecule has 0 spiro atoms. The summed E-state index contributed by atoms with van der Waals surface area (Å²) in [7, 11) is 1.71. The molecule has 7 nitrogen and oxygen atoms in total. The average Bonchev–Trinajstić information content (AvgIpc) is 3.13. The zero-order chi connectivity index (χ0) is 15.5. The summed E-state index contributed by atoms with van der Waals surface area (Å²) in [6.07, 6.45) is 2.67. The van der Waals surface area contributed by atoms with Gasteiger partial charge in [-0.25, -0.2) is 4.68 Å². The smallest absolute Gasteiger partial charge is 0.168 e. The van der Waals surface area contributed by atoms with Gasteiger partial charge in [-0.2, -0.15) is 0 Å². The van der Waals surface area contributed by atoms with E-state index < -0.39 is 0 Å². The third-order valence-corrected chi connectivity index (χ3v) is 4.97. The Labute approximate surface area is 132 Å². The molecule has 2 aliphatic rings. The Bertz CT molecular complexity index is 476. The first-order chi connectivity index (χ1) is 10.7. The van der Waals surface area contributed by atoms with Crippen LogP contribution in [-0.2, 0) is 11.3 Å². The van der Waals surface area contributed by atoms with Gasteiger partial charge in [-0.1, -0.05) is 13.8 Å². The zero-order valence-corrected chi connectivity index (χ0v) is 14.0. The minimum atomic E-state index is 0.287. The number of aromatic nitrogens is 4. The summed E-state index contributed by atoms with van der Waals surface area (Å²) in [6, 6.07) is 1.01. The van der Waals surface area contributed by atoms with Crippen LogP contribution in [0, 0.1) is 5.92 Å². The predicted octanol–water partition coefficient (Wildman–Crippen LogP) is 0.797. The monoisotopic (exact) mass is 308 g/mol. The Kier molecular flexibility index (Phi) is 5.05. The van der Waals surface area contributed by atoms with E-state index in [1.807, 2.05) is 4.68 Å². The fourth-order valence-corrected chi connectivity index (χ4v) is 3.91. The highest BCUT2D eigenvalue weighted by Gasteiger charge is 2.36. The predicted molar refractivity (Wildman–Crippen MR) is 83.4 cm³/mol. The van der Waals surface area contributed by atoms with Crippen molar-refractivity contribution in [2.45, 2.75) is 45.3 Å². The van der Waals surface area contributed by atoms with E-state index in [1.54, 1.807) is 7.11 Å². The van der Waals surface area contributed by atoms with Crippen LogP contribution in [0.1, 0.15) is 38.6 Å². The number of rotatable bonds is 6. The molecular weight excluding hydrogens is 280 g/mol. The van der Waals surface area contributed by atoms with Crippen LogP contribution < -0.4 is 0 Å². The van der Waals surface area contributed by atoms with Crippen LogP contribution in [0.2, 0.25) is 0 Å². The van der Waals surface area contributed by atoms with Crippen molar-refractivity contribution in [3.8, 4) is 0 Å². The van der Waals surface area contributed by atoms with Gasteiger partial charge in [0.1, 0.15) is 0 Å².